The van der Waals surface area contributed by atoms with E-state index in [1.54, 1.807) is 0 Å². The molecule has 33 heavy (non-hydrogen) atoms. The molecule has 0 bridgehead atoms. The van der Waals surface area contributed by atoms with Gasteiger partial charge in [0.2, 0.25) is 5.91 Å². The monoisotopic (exact) mass is 452 g/mol. The Balaban J connectivity index is 1.42. The van der Waals surface area contributed by atoms with Crippen molar-refractivity contribution in [2.45, 2.75) is 37.8 Å². The second kappa shape index (κ2) is 9.62. The van der Waals surface area contributed by atoms with Gasteiger partial charge in [0.05, 0.1) is 12.5 Å². The number of ether oxygens (including phenoxy) is 1. The second-order valence-electron chi connectivity index (χ2n) is 8.60. The van der Waals surface area contributed by atoms with Crippen molar-refractivity contribution in [2.75, 3.05) is 19.7 Å². The van der Waals surface area contributed by atoms with Gasteiger partial charge in [-0.05, 0) is 28.7 Å². The fraction of sp³-hybridized carbons (Fsp3) is 0.400. The summed E-state index contributed by atoms with van der Waals surface area (Å²) in [6.45, 7) is 2.44. The molecule has 3 unspecified atom stereocenters. The van der Waals surface area contributed by atoms with Crippen molar-refractivity contribution in [2.24, 2.45) is 5.92 Å². The highest BCUT2D eigenvalue weighted by molar-refractivity contribution is 5.89. The van der Waals surface area contributed by atoms with Gasteiger partial charge in [0.1, 0.15) is 12.6 Å². The molecule has 0 spiro atoms. The SMILES string of the molecule is CCC1CN(C(=O)C(CC(=O)O)NC(=O)OCC2c3ccccc3-c3ccccc32)CC1O. The molecule has 8 heteroatoms. The fourth-order valence-corrected chi connectivity index (χ4v) is 4.81. The second-order valence-corrected chi connectivity index (χ2v) is 8.60. The van der Waals surface area contributed by atoms with Crippen LogP contribution in [0.4, 0.5) is 4.79 Å². The molecule has 2 aromatic carbocycles. The first-order chi connectivity index (χ1) is 15.9. The van der Waals surface area contributed by atoms with Gasteiger partial charge in [-0.15, -0.1) is 0 Å². The van der Waals surface area contributed by atoms with Crippen LogP contribution < -0.4 is 5.32 Å². The van der Waals surface area contributed by atoms with Crippen LogP contribution in [0.1, 0.15) is 36.8 Å². The number of carboxylic acid groups (broad SMARTS) is 1. The molecule has 2 amide bonds. The normalized spacial score (nSPS) is 20.1. The summed E-state index contributed by atoms with van der Waals surface area (Å²) in [6.07, 6.45) is -1.36. The van der Waals surface area contributed by atoms with E-state index in [-0.39, 0.29) is 25.0 Å². The van der Waals surface area contributed by atoms with Gasteiger partial charge in [0.15, 0.2) is 0 Å². The van der Waals surface area contributed by atoms with E-state index in [4.69, 9.17) is 4.74 Å². The van der Waals surface area contributed by atoms with Crippen molar-refractivity contribution in [3.05, 3.63) is 59.7 Å². The number of likely N-dealkylation sites (tertiary alicyclic amines) is 1. The number of hydrogen-bond donors (Lipinski definition) is 3. The van der Waals surface area contributed by atoms with Crippen molar-refractivity contribution < 1.29 is 29.3 Å². The number of alkyl carbamates (subject to hydrolysis) is 1. The standard InChI is InChI=1S/C25H28N2O6/c1-2-15-12-27(13-22(15)28)24(31)21(11-23(29)30)26-25(32)33-14-20-18-9-5-3-7-16(18)17-8-4-6-10-19(17)20/h3-10,15,20-22,28H,2,11-14H2,1H3,(H,26,32)(H,29,30). The van der Waals surface area contributed by atoms with E-state index in [1.807, 2.05) is 55.5 Å². The van der Waals surface area contributed by atoms with Crippen LogP contribution in [0.5, 0.6) is 0 Å². The summed E-state index contributed by atoms with van der Waals surface area (Å²) < 4.78 is 5.46. The van der Waals surface area contributed by atoms with Crippen LogP contribution in [0, 0.1) is 5.92 Å². The Morgan fingerprint density at radius 1 is 1.06 bits per heavy atom. The molecule has 174 valence electrons. The number of β-amino-alcohol motifs (C(OH)–C–C–N with tert-alkyl or cyclic N) is 1. The van der Waals surface area contributed by atoms with Crippen molar-refractivity contribution in [3.8, 4) is 11.1 Å². The molecule has 3 N–H and O–H groups in total. The molecule has 8 nitrogen and oxygen atoms in total. The van der Waals surface area contributed by atoms with Gasteiger partial charge < -0.3 is 25.2 Å². The maximum Gasteiger partial charge on any atom is 0.407 e. The molecule has 1 saturated heterocycles. The zero-order valence-electron chi connectivity index (χ0n) is 18.4. The molecular formula is C25H28N2O6. The lowest BCUT2D eigenvalue weighted by Crippen LogP contribution is -2.49. The Labute approximate surface area is 192 Å². The number of aliphatic carboxylic acids is 1. The van der Waals surface area contributed by atoms with Gasteiger partial charge in [0.25, 0.3) is 0 Å². The molecule has 0 radical (unpaired) electrons. The van der Waals surface area contributed by atoms with Crippen molar-refractivity contribution in [3.63, 3.8) is 0 Å². The maximum atomic E-state index is 12.9. The topological polar surface area (TPSA) is 116 Å². The number of nitrogens with zero attached hydrogens (tertiary/aromatic N) is 1. The van der Waals surface area contributed by atoms with Crippen LogP contribution >= 0.6 is 0 Å². The van der Waals surface area contributed by atoms with E-state index in [1.165, 1.54) is 4.90 Å². The number of benzene rings is 2. The minimum atomic E-state index is -1.26. The minimum Gasteiger partial charge on any atom is -0.481 e. The molecule has 3 atom stereocenters. The lowest BCUT2D eigenvalue weighted by Gasteiger charge is -2.23. The third kappa shape index (κ3) is 4.71. The fourth-order valence-electron chi connectivity index (χ4n) is 4.81. The van der Waals surface area contributed by atoms with Crippen LogP contribution in [0.2, 0.25) is 0 Å². The number of carbonyl (C=O) groups excluding carboxylic acids is 2. The van der Waals surface area contributed by atoms with Crippen LogP contribution in [0.25, 0.3) is 11.1 Å². The quantitative estimate of drug-likeness (QED) is 0.595. The zero-order valence-corrected chi connectivity index (χ0v) is 18.4. The summed E-state index contributed by atoms with van der Waals surface area (Å²) in [4.78, 5) is 38.2. The molecule has 4 rings (SSSR count). The lowest BCUT2D eigenvalue weighted by molar-refractivity contribution is -0.142. The van der Waals surface area contributed by atoms with Gasteiger partial charge in [0, 0.05) is 24.9 Å². The van der Waals surface area contributed by atoms with E-state index in [2.05, 4.69) is 5.32 Å². The summed E-state index contributed by atoms with van der Waals surface area (Å²) in [5.41, 5.74) is 4.31. The predicted molar refractivity (Wildman–Crippen MR) is 121 cm³/mol. The molecule has 1 aliphatic heterocycles. The highest BCUT2D eigenvalue weighted by Gasteiger charge is 2.37. The number of rotatable bonds is 7. The molecule has 0 saturated carbocycles. The average Bonchev–Trinajstić information content (AvgIpc) is 3.34. The first-order valence-corrected chi connectivity index (χ1v) is 11.2. The Morgan fingerprint density at radius 2 is 1.67 bits per heavy atom. The summed E-state index contributed by atoms with van der Waals surface area (Å²) in [6, 6.07) is 14.6. The zero-order chi connectivity index (χ0) is 23.5. The molecular weight excluding hydrogens is 424 g/mol. The van der Waals surface area contributed by atoms with Crippen LogP contribution in [-0.4, -0.2) is 64.9 Å². The van der Waals surface area contributed by atoms with E-state index in [0.717, 1.165) is 22.3 Å². The smallest absolute Gasteiger partial charge is 0.407 e. The van der Waals surface area contributed by atoms with E-state index in [0.29, 0.717) is 13.0 Å². The first-order valence-electron chi connectivity index (χ1n) is 11.2. The van der Waals surface area contributed by atoms with Gasteiger partial charge in [-0.1, -0.05) is 55.5 Å². The van der Waals surface area contributed by atoms with Crippen molar-refractivity contribution in [1.29, 1.82) is 0 Å². The van der Waals surface area contributed by atoms with Crippen molar-refractivity contribution >= 4 is 18.0 Å². The summed E-state index contributed by atoms with van der Waals surface area (Å²) in [7, 11) is 0. The molecule has 2 aromatic rings. The number of nitrogens with one attached hydrogen (secondary N) is 1. The van der Waals surface area contributed by atoms with Gasteiger partial charge >= 0.3 is 12.1 Å². The van der Waals surface area contributed by atoms with Crippen LogP contribution in [0.3, 0.4) is 0 Å². The molecule has 0 aromatic heterocycles. The highest BCUT2D eigenvalue weighted by atomic mass is 16.5. The maximum absolute atomic E-state index is 12.9. The van der Waals surface area contributed by atoms with E-state index >= 15 is 0 Å². The Morgan fingerprint density at radius 3 is 2.21 bits per heavy atom. The Kier molecular flexibility index (Phi) is 6.65. The number of fused-ring (bicyclic) bond motifs is 3. The summed E-state index contributed by atoms with van der Waals surface area (Å²) in [5, 5.41) is 21.8. The third-order valence-electron chi connectivity index (χ3n) is 6.56. The van der Waals surface area contributed by atoms with E-state index < -0.39 is 36.5 Å². The number of hydrogen-bond acceptors (Lipinski definition) is 5. The molecule has 1 aliphatic carbocycles. The van der Waals surface area contributed by atoms with Crippen LogP contribution in [-0.2, 0) is 14.3 Å². The minimum absolute atomic E-state index is 0.0612. The van der Waals surface area contributed by atoms with Gasteiger partial charge in [-0.2, -0.15) is 0 Å². The third-order valence-corrected chi connectivity index (χ3v) is 6.56. The van der Waals surface area contributed by atoms with E-state index in [9.17, 15) is 24.6 Å². The Hall–Kier alpha value is -3.39. The van der Waals surface area contributed by atoms with Gasteiger partial charge in [-0.25, -0.2) is 4.79 Å². The van der Waals surface area contributed by atoms with Crippen LogP contribution in [0.15, 0.2) is 48.5 Å². The number of carboxylic acids is 1. The Bertz CT molecular complexity index is 1010. The summed E-state index contributed by atoms with van der Waals surface area (Å²) >= 11 is 0. The molecule has 1 fully saturated rings. The number of aliphatic hydroxyl groups excluding tert-OH is 1. The number of carbonyl (C=O) groups is 3. The van der Waals surface area contributed by atoms with Gasteiger partial charge in [-0.3, -0.25) is 9.59 Å². The highest BCUT2D eigenvalue weighted by Crippen LogP contribution is 2.44. The first kappa shape index (κ1) is 22.8. The molecule has 2 aliphatic rings. The molecule has 1 heterocycles. The number of amides is 2. The average molecular weight is 453 g/mol. The summed E-state index contributed by atoms with van der Waals surface area (Å²) in [5.74, 6) is -1.94. The van der Waals surface area contributed by atoms with Crippen molar-refractivity contribution in [1.82, 2.24) is 10.2 Å². The number of aliphatic hydroxyl groups is 1. The lowest BCUT2D eigenvalue weighted by atomic mass is 9.98. The predicted octanol–water partition coefficient (Wildman–Crippen LogP) is 2.60. The largest absolute Gasteiger partial charge is 0.481 e.